The quantitative estimate of drug-likeness (QED) is 0.582. The molecule has 0 N–H and O–H groups in total. The third kappa shape index (κ3) is 1.86. The SMILES string of the molecule is C=CC1=C=NOC(C(C)(C)C)=C1. The summed E-state index contributed by atoms with van der Waals surface area (Å²) < 4.78 is 0. The molecule has 0 saturated carbocycles. The van der Waals surface area contributed by atoms with Crippen molar-refractivity contribution in [3.8, 4) is 0 Å². The Morgan fingerprint density at radius 2 is 2.25 bits per heavy atom. The lowest BCUT2D eigenvalue weighted by atomic mass is 9.92. The highest BCUT2D eigenvalue weighted by Gasteiger charge is 2.20. The number of nitrogens with zero attached hydrogens (tertiary/aromatic N) is 1. The van der Waals surface area contributed by atoms with Crippen LogP contribution in [0, 0.1) is 5.41 Å². The summed E-state index contributed by atoms with van der Waals surface area (Å²) in [7, 11) is 0. The van der Waals surface area contributed by atoms with Crippen LogP contribution in [0.25, 0.3) is 0 Å². The molecule has 1 heterocycles. The van der Waals surface area contributed by atoms with Crippen molar-refractivity contribution in [3.05, 3.63) is 30.1 Å². The van der Waals surface area contributed by atoms with E-state index in [-0.39, 0.29) is 5.41 Å². The van der Waals surface area contributed by atoms with Gasteiger partial charge < -0.3 is 4.84 Å². The van der Waals surface area contributed by atoms with Gasteiger partial charge in [-0.05, 0) is 11.2 Å². The van der Waals surface area contributed by atoms with Gasteiger partial charge in [0.2, 0.25) is 0 Å². The molecule has 12 heavy (non-hydrogen) atoms. The minimum absolute atomic E-state index is 0.0140. The number of allylic oxidation sites excluding steroid dienone is 4. The van der Waals surface area contributed by atoms with Gasteiger partial charge in [-0.15, -0.1) is 0 Å². The second kappa shape index (κ2) is 3.00. The summed E-state index contributed by atoms with van der Waals surface area (Å²) in [6.45, 7) is 9.85. The molecule has 2 nitrogen and oxygen atoms in total. The lowest BCUT2D eigenvalue weighted by Crippen LogP contribution is -2.12. The molecule has 0 aliphatic carbocycles. The van der Waals surface area contributed by atoms with E-state index in [9.17, 15) is 0 Å². The zero-order chi connectivity index (χ0) is 9.19. The third-order valence-electron chi connectivity index (χ3n) is 1.56. The summed E-state index contributed by atoms with van der Waals surface area (Å²) in [5, 5.41) is 3.65. The minimum atomic E-state index is -0.0140. The summed E-state index contributed by atoms with van der Waals surface area (Å²) in [5.41, 5.74) is 0.853. The average Bonchev–Trinajstić information content (AvgIpc) is 2.03. The Morgan fingerprint density at radius 3 is 2.75 bits per heavy atom. The molecule has 0 aromatic carbocycles. The molecule has 0 aromatic heterocycles. The molecular weight excluding hydrogens is 150 g/mol. The highest BCUT2D eigenvalue weighted by molar-refractivity contribution is 5.66. The van der Waals surface area contributed by atoms with Gasteiger partial charge in [0.15, 0.2) is 0 Å². The van der Waals surface area contributed by atoms with Crippen LogP contribution >= 0.6 is 0 Å². The average molecular weight is 163 g/mol. The van der Waals surface area contributed by atoms with E-state index in [1.807, 2.05) is 6.08 Å². The molecule has 0 unspecified atom stereocenters. The molecule has 0 atom stereocenters. The van der Waals surface area contributed by atoms with E-state index in [1.54, 1.807) is 6.08 Å². The Balaban J connectivity index is 2.95. The van der Waals surface area contributed by atoms with Crippen molar-refractivity contribution < 1.29 is 4.84 Å². The lowest BCUT2D eigenvalue weighted by Gasteiger charge is -2.20. The van der Waals surface area contributed by atoms with E-state index in [0.717, 1.165) is 11.3 Å². The maximum Gasteiger partial charge on any atom is 0.142 e. The Hall–Kier alpha value is -1.27. The first-order chi connectivity index (χ1) is 5.54. The second-order valence-electron chi connectivity index (χ2n) is 3.71. The van der Waals surface area contributed by atoms with Gasteiger partial charge in [0, 0.05) is 16.9 Å². The van der Waals surface area contributed by atoms with Crippen LogP contribution in [0.1, 0.15) is 20.8 Å². The molecule has 64 valence electrons. The first-order valence-electron chi connectivity index (χ1n) is 3.88. The molecule has 0 aromatic rings. The van der Waals surface area contributed by atoms with Gasteiger partial charge in [0.25, 0.3) is 0 Å². The molecule has 0 radical (unpaired) electrons. The van der Waals surface area contributed by atoms with Crippen molar-refractivity contribution in [1.29, 1.82) is 0 Å². The first-order valence-corrected chi connectivity index (χ1v) is 3.88. The zero-order valence-corrected chi connectivity index (χ0v) is 7.72. The van der Waals surface area contributed by atoms with Crippen molar-refractivity contribution in [3.63, 3.8) is 0 Å². The molecule has 1 rings (SSSR count). The summed E-state index contributed by atoms with van der Waals surface area (Å²) in [6.07, 6.45) is 3.61. The van der Waals surface area contributed by atoms with Crippen molar-refractivity contribution in [1.82, 2.24) is 0 Å². The Morgan fingerprint density at radius 1 is 1.58 bits per heavy atom. The van der Waals surface area contributed by atoms with Crippen LogP contribution in [0.5, 0.6) is 0 Å². The summed E-state index contributed by atoms with van der Waals surface area (Å²) in [5.74, 6) is 3.54. The van der Waals surface area contributed by atoms with Crippen LogP contribution in [0.15, 0.2) is 35.2 Å². The van der Waals surface area contributed by atoms with Gasteiger partial charge in [-0.3, -0.25) is 0 Å². The molecular formula is C10H13NO. The van der Waals surface area contributed by atoms with Gasteiger partial charge in [0.1, 0.15) is 5.76 Å². The van der Waals surface area contributed by atoms with Crippen LogP contribution < -0.4 is 0 Å². The van der Waals surface area contributed by atoms with Gasteiger partial charge in [-0.2, -0.15) is 0 Å². The Labute approximate surface area is 72.9 Å². The van der Waals surface area contributed by atoms with Crippen molar-refractivity contribution in [2.24, 2.45) is 10.6 Å². The number of rotatable bonds is 1. The highest BCUT2D eigenvalue weighted by atomic mass is 16.6. The number of hydrogen-bond donors (Lipinski definition) is 0. The smallest absolute Gasteiger partial charge is 0.142 e. The van der Waals surface area contributed by atoms with Crippen molar-refractivity contribution >= 4 is 5.87 Å². The van der Waals surface area contributed by atoms with Crippen molar-refractivity contribution in [2.45, 2.75) is 20.8 Å². The monoisotopic (exact) mass is 163 g/mol. The fourth-order valence-electron chi connectivity index (χ4n) is 0.783. The second-order valence-corrected chi connectivity index (χ2v) is 3.71. The molecule has 0 amide bonds. The minimum Gasteiger partial charge on any atom is -0.353 e. The van der Waals surface area contributed by atoms with Gasteiger partial charge >= 0.3 is 0 Å². The van der Waals surface area contributed by atoms with E-state index in [4.69, 9.17) is 4.84 Å². The van der Waals surface area contributed by atoms with E-state index in [1.165, 1.54) is 0 Å². The van der Waals surface area contributed by atoms with Gasteiger partial charge in [-0.25, -0.2) is 0 Å². The predicted molar refractivity (Wildman–Crippen MR) is 49.8 cm³/mol. The van der Waals surface area contributed by atoms with Crippen LogP contribution in [-0.2, 0) is 4.84 Å². The van der Waals surface area contributed by atoms with Gasteiger partial charge in [0.05, 0.1) is 0 Å². The standard InChI is InChI=1S/C10H13NO/c1-5-8-6-9(10(2,3)4)12-11-7-8/h5-6H,1H2,2-4H3. The maximum absolute atomic E-state index is 5.08. The summed E-state index contributed by atoms with van der Waals surface area (Å²) in [4.78, 5) is 5.08. The Kier molecular flexibility index (Phi) is 2.20. The summed E-state index contributed by atoms with van der Waals surface area (Å²) >= 11 is 0. The van der Waals surface area contributed by atoms with Gasteiger partial charge in [-0.1, -0.05) is 33.4 Å². The predicted octanol–water partition coefficient (Wildman–Crippen LogP) is 2.64. The molecule has 1 aliphatic heterocycles. The van der Waals surface area contributed by atoms with E-state index >= 15 is 0 Å². The fraction of sp³-hybridized carbons (Fsp3) is 0.400. The first kappa shape index (κ1) is 8.82. The molecule has 0 bridgehead atoms. The Bertz CT molecular complexity index is 285. The fourth-order valence-corrected chi connectivity index (χ4v) is 0.783. The van der Waals surface area contributed by atoms with E-state index < -0.39 is 0 Å². The summed E-state index contributed by atoms with van der Waals surface area (Å²) in [6, 6.07) is 0. The number of hydrogen-bond acceptors (Lipinski definition) is 2. The van der Waals surface area contributed by atoms with Crippen LogP contribution in [0.2, 0.25) is 0 Å². The zero-order valence-electron chi connectivity index (χ0n) is 7.72. The molecule has 2 heteroatoms. The molecule has 0 fully saturated rings. The van der Waals surface area contributed by atoms with E-state index in [0.29, 0.717) is 0 Å². The van der Waals surface area contributed by atoms with Crippen LogP contribution in [-0.4, -0.2) is 5.87 Å². The molecule has 1 aliphatic rings. The lowest BCUT2D eigenvalue weighted by molar-refractivity contribution is 0.161. The normalized spacial score (nSPS) is 16.2. The largest absolute Gasteiger partial charge is 0.353 e. The van der Waals surface area contributed by atoms with Crippen molar-refractivity contribution in [2.75, 3.05) is 0 Å². The third-order valence-corrected chi connectivity index (χ3v) is 1.56. The maximum atomic E-state index is 5.08. The molecule has 0 spiro atoms. The van der Waals surface area contributed by atoms with Crippen LogP contribution in [0.4, 0.5) is 0 Å². The van der Waals surface area contributed by atoms with E-state index in [2.05, 4.69) is 38.4 Å². The topological polar surface area (TPSA) is 21.6 Å². The molecule has 0 saturated heterocycles. The highest BCUT2D eigenvalue weighted by Crippen LogP contribution is 2.28. The van der Waals surface area contributed by atoms with Crippen LogP contribution in [0.3, 0.4) is 0 Å².